The Kier molecular flexibility index (Phi) is 3.30. The van der Waals surface area contributed by atoms with E-state index in [4.69, 9.17) is 0 Å². The van der Waals surface area contributed by atoms with Gasteiger partial charge in [-0.3, -0.25) is 0 Å². The van der Waals surface area contributed by atoms with Crippen molar-refractivity contribution in [3.05, 3.63) is 42.5 Å². The van der Waals surface area contributed by atoms with Crippen LogP contribution in [0.4, 0.5) is 0 Å². The second-order valence-corrected chi connectivity index (χ2v) is 6.05. The third-order valence-corrected chi connectivity index (χ3v) is 5.22. The van der Waals surface area contributed by atoms with Gasteiger partial charge in [0, 0.05) is 16.5 Å². The Morgan fingerprint density at radius 3 is 2.29 bits per heavy atom. The van der Waals surface area contributed by atoms with E-state index in [1.165, 1.54) is 41.2 Å². The van der Waals surface area contributed by atoms with Crippen molar-refractivity contribution < 1.29 is 0 Å². The SMILES string of the molecule is C=C(c1ccccc1)[S+]1CCCCC1. The Bertz CT molecular complexity index is 296. The van der Waals surface area contributed by atoms with Crippen LogP contribution in [-0.2, 0) is 10.9 Å². The van der Waals surface area contributed by atoms with E-state index in [2.05, 4.69) is 36.9 Å². The van der Waals surface area contributed by atoms with E-state index in [1.54, 1.807) is 0 Å². The third-order valence-electron chi connectivity index (χ3n) is 2.73. The molecule has 1 heteroatoms. The summed E-state index contributed by atoms with van der Waals surface area (Å²) in [5, 5.41) is 0. The molecule has 74 valence electrons. The zero-order chi connectivity index (χ0) is 9.80. The molecule has 0 nitrogen and oxygen atoms in total. The molecule has 0 amide bonds. The van der Waals surface area contributed by atoms with Gasteiger partial charge in [-0.2, -0.15) is 0 Å². The van der Waals surface area contributed by atoms with E-state index >= 15 is 0 Å². The maximum Gasteiger partial charge on any atom is 0.154 e. The first-order valence-electron chi connectivity index (χ1n) is 5.30. The maximum atomic E-state index is 4.26. The van der Waals surface area contributed by atoms with Crippen LogP contribution < -0.4 is 0 Å². The van der Waals surface area contributed by atoms with E-state index in [0.717, 1.165) is 0 Å². The quantitative estimate of drug-likeness (QED) is 0.649. The Labute approximate surface area is 89.4 Å². The van der Waals surface area contributed by atoms with Crippen molar-refractivity contribution in [1.82, 2.24) is 0 Å². The fraction of sp³-hybridized carbons (Fsp3) is 0.385. The minimum Gasteiger partial charge on any atom is -0.0622 e. The van der Waals surface area contributed by atoms with Gasteiger partial charge in [0.15, 0.2) is 4.91 Å². The molecule has 0 spiro atoms. The molecule has 1 aromatic rings. The molecule has 1 aromatic carbocycles. The molecule has 1 aliphatic heterocycles. The average Bonchev–Trinajstić information content (AvgIpc) is 2.30. The second-order valence-electron chi connectivity index (χ2n) is 3.75. The smallest absolute Gasteiger partial charge is 0.0622 e. The molecule has 1 heterocycles. The third kappa shape index (κ3) is 2.21. The van der Waals surface area contributed by atoms with Crippen LogP contribution in [0.1, 0.15) is 24.8 Å². The summed E-state index contributed by atoms with van der Waals surface area (Å²) >= 11 is 0. The van der Waals surface area contributed by atoms with E-state index in [9.17, 15) is 0 Å². The molecule has 1 aliphatic rings. The lowest BCUT2D eigenvalue weighted by Gasteiger charge is -2.14. The fourth-order valence-corrected chi connectivity index (χ4v) is 4.14. The largest absolute Gasteiger partial charge is 0.154 e. The fourth-order valence-electron chi connectivity index (χ4n) is 1.87. The van der Waals surface area contributed by atoms with E-state index < -0.39 is 0 Å². The number of hydrogen-bond donors (Lipinski definition) is 0. The first-order chi connectivity index (χ1) is 6.88. The van der Waals surface area contributed by atoms with Crippen molar-refractivity contribution in [2.45, 2.75) is 19.3 Å². The Hall–Kier alpha value is -0.690. The lowest BCUT2D eigenvalue weighted by Crippen LogP contribution is -2.18. The van der Waals surface area contributed by atoms with Gasteiger partial charge >= 0.3 is 0 Å². The van der Waals surface area contributed by atoms with Crippen molar-refractivity contribution in [3.63, 3.8) is 0 Å². The van der Waals surface area contributed by atoms with Gasteiger partial charge in [0.1, 0.15) is 11.5 Å². The predicted octanol–water partition coefficient (Wildman–Crippen LogP) is 3.46. The second kappa shape index (κ2) is 4.70. The van der Waals surface area contributed by atoms with E-state index in [0.29, 0.717) is 10.9 Å². The molecule has 0 unspecified atom stereocenters. The van der Waals surface area contributed by atoms with Gasteiger partial charge in [0.2, 0.25) is 0 Å². The minimum absolute atomic E-state index is 0.465. The summed E-state index contributed by atoms with van der Waals surface area (Å²) in [6.45, 7) is 4.26. The molecular weight excluding hydrogens is 188 g/mol. The highest BCUT2D eigenvalue weighted by molar-refractivity contribution is 8.05. The van der Waals surface area contributed by atoms with Gasteiger partial charge in [-0.15, -0.1) is 0 Å². The van der Waals surface area contributed by atoms with E-state index in [-0.39, 0.29) is 0 Å². The van der Waals surface area contributed by atoms with Gasteiger partial charge in [-0.05, 0) is 38.0 Å². The van der Waals surface area contributed by atoms with Gasteiger partial charge in [-0.25, -0.2) is 0 Å². The molecule has 1 saturated heterocycles. The number of benzene rings is 1. The van der Waals surface area contributed by atoms with Gasteiger partial charge in [0.25, 0.3) is 0 Å². The molecule has 0 aromatic heterocycles. The number of rotatable bonds is 2. The van der Waals surface area contributed by atoms with Crippen LogP contribution in [0.3, 0.4) is 0 Å². The summed E-state index contributed by atoms with van der Waals surface area (Å²) in [6.07, 6.45) is 4.22. The number of hydrogen-bond acceptors (Lipinski definition) is 0. The lowest BCUT2D eigenvalue weighted by atomic mass is 10.2. The van der Waals surface area contributed by atoms with Crippen molar-refractivity contribution in [2.24, 2.45) is 0 Å². The normalized spacial score (nSPS) is 18.0. The Morgan fingerprint density at radius 2 is 1.64 bits per heavy atom. The van der Waals surface area contributed by atoms with Gasteiger partial charge in [0.05, 0.1) is 0 Å². The van der Waals surface area contributed by atoms with Crippen LogP contribution in [0.2, 0.25) is 0 Å². The van der Waals surface area contributed by atoms with Crippen LogP contribution in [-0.4, -0.2) is 11.5 Å². The van der Waals surface area contributed by atoms with Crippen molar-refractivity contribution in [1.29, 1.82) is 0 Å². The first kappa shape index (κ1) is 9.85. The monoisotopic (exact) mass is 205 g/mol. The molecule has 1 fully saturated rings. The van der Waals surface area contributed by atoms with E-state index in [1.807, 2.05) is 0 Å². The average molecular weight is 205 g/mol. The van der Waals surface area contributed by atoms with Gasteiger partial charge in [-0.1, -0.05) is 18.2 Å². The Balaban J connectivity index is 2.07. The van der Waals surface area contributed by atoms with Crippen LogP contribution in [0.25, 0.3) is 4.91 Å². The zero-order valence-corrected chi connectivity index (χ0v) is 9.35. The highest BCUT2D eigenvalue weighted by Crippen LogP contribution is 2.26. The molecule has 0 bridgehead atoms. The molecule has 0 atom stereocenters. The predicted molar refractivity (Wildman–Crippen MR) is 66.4 cm³/mol. The highest BCUT2D eigenvalue weighted by Gasteiger charge is 2.26. The topological polar surface area (TPSA) is 0 Å². The molecule has 2 rings (SSSR count). The van der Waals surface area contributed by atoms with Crippen LogP contribution >= 0.6 is 0 Å². The first-order valence-corrected chi connectivity index (χ1v) is 6.86. The zero-order valence-electron chi connectivity index (χ0n) is 8.54. The molecule has 0 aliphatic carbocycles. The lowest BCUT2D eigenvalue weighted by molar-refractivity contribution is 0.760. The van der Waals surface area contributed by atoms with Gasteiger partial charge < -0.3 is 0 Å². The molecule has 14 heavy (non-hydrogen) atoms. The summed E-state index contributed by atoms with van der Waals surface area (Å²) in [7, 11) is 0.465. The van der Waals surface area contributed by atoms with Crippen molar-refractivity contribution in [3.8, 4) is 0 Å². The van der Waals surface area contributed by atoms with Crippen molar-refractivity contribution in [2.75, 3.05) is 11.5 Å². The summed E-state index contributed by atoms with van der Waals surface area (Å²) < 4.78 is 0. The van der Waals surface area contributed by atoms with Crippen molar-refractivity contribution >= 4 is 15.8 Å². The molecular formula is C13H17S+. The van der Waals surface area contributed by atoms with Crippen LogP contribution in [0.15, 0.2) is 36.9 Å². The molecule has 0 radical (unpaired) electrons. The molecule has 0 N–H and O–H groups in total. The van der Waals surface area contributed by atoms with Crippen LogP contribution in [0, 0.1) is 0 Å². The minimum atomic E-state index is 0.465. The maximum absolute atomic E-state index is 4.26. The molecule has 0 saturated carbocycles. The summed E-state index contributed by atoms with van der Waals surface area (Å²) in [4.78, 5) is 1.38. The summed E-state index contributed by atoms with van der Waals surface area (Å²) in [6, 6.07) is 10.6. The van der Waals surface area contributed by atoms with Crippen LogP contribution in [0.5, 0.6) is 0 Å². The standard InChI is InChI=1S/C13H17S/c1-12(13-8-4-2-5-9-13)14-10-6-3-7-11-14/h2,4-5,8-9H,1,3,6-7,10-11H2/q+1. The summed E-state index contributed by atoms with van der Waals surface area (Å²) in [5.41, 5.74) is 1.35. The summed E-state index contributed by atoms with van der Waals surface area (Å²) in [5.74, 6) is 2.74. The Morgan fingerprint density at radius 1 is 1.00 bits per heavy atom. The highest BCUT2D eigenvalue weighted by atomic mass is 32.2.